The van der Waals surface area contributed by atoms with Gasteiger partial charge >= 0.3 is 5.97 Å². The molecule has 1 aliphatic rings. The number of amides is 1. The van der Waals surface area contributed by atoms with Gasteiger partial charge in [0.2, 0.25) is 10.0 Å². The smallest absolute Gasteiger partial charge is 0.310 e. The predicted molar refractivity (Wildman–Crippen MR) is 117 cm³/mol. The second-order valence-corrected chi connectivity index (χ2v) is 9.69. The predicted octanol–water partition coefficient (Wildman–Crippen LogP) is 2.83. The van der Waals surface area contributed by atoms with Crippen LogP contribution in [0, 0.1) is 11.8 Å². The first-order chi connectivity index (χ1) is 14.8. The molecule has 166 valence electrons. The quantitative estimate of drug-likeness (QED) is 0.569. The highest BCUT2D eigenvalue weighted by molar-refractivity contribution is 7.89. The van der Waals surface area contributed by atoms with Crippen LogP contribution in [-0.4, -0.2) is 45.4 Å². The minimum atomic E-state index is -3.69. The van der Waals surface area contributed by atoms with Gasteiger partial charge in [0, 0.05) is 25.2 Å². The molecule has 0 radical (unpaired) electrons. The van der Waals surface area contributed by atoms with E-state index in [0.29, 0.717) is 12.5 Å². The molecule has 7 nitrogen and oxygen atoms in total. The van der Waals surface area contributed by atoms with E-state index in [0.717, 1.165) is 18.4 Å². The van der Waals surface area contributed by atoms with Gasteiger partial charge in [0.1, 0.15) is 0 Å². The van der Waals surface area contributed by atoms with Gasteiger partial charge in [-0.3, -0.25) is 9.59 Å². The maximum atomic E-state index is 13.3. The average Bonchev–Trinajstić information content (AvgIpc) is 3.61. The Morgan fingerprint density at radius 1 is 1.13 bits per heavy atom. The van der Waals surface area contributed by atoms with E-state index in [1.54, 1.807) is 24.0 Å². The molecule has 3 rings (SSSR count). The third-order valence-electron chi connectivity index (χ3n) is 5.25. The Balaban J connectivity index is 1.83. The molecule has 0 aromatic heterocycles. The summed E-state index contributed by atoms with van der Waals surface area (Å²) in [5, 5.41) is 0. The highest BCUT2D eigenvalue weighted by atomic mass is 32.2. The van der Waals surface area contributed by atoms with Crippen molar-refractivity contribution < 1.29 is 22.7 Å². The van der Waals surface area contributed by atoms with Crippen molar-refractivity contribution >= 4 is 21.9 Å². The molecule has 1 N–H and O–H groups in total. The van der Waals surface area contributed by atoms with E-state index in [1.165, 1.54) is 19.2 Å². The molecule has 31 heavy (non-hydrogen) atoms. The minimum Gasteiger partial charge on any atom is -0.469 e. The van der Waals surface area contributed by atoms with E-state index in [-0.39, 0.29) is 29.5 Å². The molecule has 0 spiro atoms. The fourth-order valence-electron chi connectivity index (χ4n) is 3.24. The molecular formula is C23H28N2O5S. The van der Waals surface area contributed by atoms with Crippen molar-refractivity contribution in [2.24, 2.45) is 11.8 Å². The van der Waals surface area contributed by atoms with Crippen LogP contribution in [0.15, 0.2) is 59.5 Å². The molecule has 0 bridgehead atoms. The molecule has 1 atom stereocenters. The van der Waals surface area contributed by atoms with E-state index in [9.17, 15) is 18.0 Å². The SMILES string of the molecule is COC(=O)C(C)CN(Cc1ccccc1)C(=O)c1cccc(S(=O)(=O)NCC2CC2)c1. The number of hydrogen-bond donors (Lipinski definition) is 1. The second-order valence-electron chi connectivity index (χ2n) is 7.92. The first-order valence-electron chi connectivity index (χ1n) is 10.3. The zero-order valence-electron chi connectivity index (χ0n) is 17.8. The summed E-state index contributed by atoms with van der Waals surface area (Å²) in [4.78, 5) is 26.8. The van der Waals surface area contributed by atoms with Crippen LogP contribution in [0.2, 0.25) is 0 Å². The van der Waals surface area contributed by atoms with Gasteiger partial charge in [-0.05, 0) is 42.5 Å². The van der Waals surface area contributed by atoms with Crippen molar-refractivity contribution in [3.63, 3.8) is 0 Å². The Kier molecular flexibility index (Phi) is 7.46. The van der Waals surface area contributed by atoms with Gasteiger partial charge in [-0.25, -0.2) is 13.1 Å². The normalized spacial score (nSPS) is 14.6. The number of carbonyl (C=O) groups is 2. The van der Waals surface area contributed by atoms with Crippen LogP contribution in [-0.2, 0) is 26.1 Å². The lowest BCUT2D eigenvalue weighted by atomic mass is 10.1. The van der Waals surface area contributed by atoms with Gasteiger partial charge in [0.15, 0.2) is 0 Å². The number of nitrogens with one attached hydrogen (secondary N) is 1. The largest absolute Gasteiger partial charge is 0.469 e. The molecule has 1 saturated carbocycles. The van der Waals surface area contributed by atoms with Crippen LogP contribution in [0.3, 0.4) is 0 Å². The number of sulfonamides is 1. The van der Waals surface area contributed by atoms with Crippen molar-refractivity contribution in [3.8, 4) is 0 Å². The van der Waals surface area contributed by atoms with Crippen LogP contribution in [0.25, 0.3) is 0 Å². The lowest BCUT2D eigenvalue weighted by Gasteiger charge is -2.25. The van der Waals surface area contributed by atoms with Gasteiger partial charge in [0.05, 0.1) is 17.9 Å². The number of methoxy groups -OCH3 is 1. The Morgan fingerprint density at radius 2 is 1.84 bits per heavy atom. The molecular weight excluding hydrogens is 416 g/mol. The van der Waals surface area contributed by atoms with Crippen LogP contribution < -0.4 is 4.72 Å². The Labute approximate surface area is 183 Å². The summed E-state index contributed by atoms with van der Waals surface area (Å²) in [6, 6.07) is 15.4. The molecule has 2 aromatic rings. The number of carbonyl (C=O) groups excluding carboxylic acids is 2. The third-order valence-corrected chi connectivity index (χ3v) is 6.67. The van der Waals surface area contributed by atoms with Crippen molar-refractivity contribution in [2.75, 3.05) is 20.2 Å². The van der Waals surface area contributed by atoms with Crippen LogP contribution in [0.4, 0.5) is 0 Å². The molecule has 1 amide bonds. The lowest BCUT2D eigenvalue weighted by molar-refractivity contribution is -0.145. The van der Waals surface area contributed by atoms with E-state index >= 15 is 0 Å². The van der Waals surface area contributed by atoms with Gasteiger partial charge in [-0.2, -0.15) is 0 Å². The number of ether oxygens (including phenoxy) is 1. The molecule has 2 aromatic carbocycles. The van der Waals surface area contributed by atoms with Gasteiger partial charge < -0.3 is 9.64 Å². The summed E-state index contributed by atoms with van der Waals surface area (Å²) < 4.78 is 32.6. The molecule has 0 saturated heterocycles. The van der Waals surface area contributed by atoms with Gasteiger partial charge in [0.25, 0.3) is 5.91 Å². The van der Waals surface area contributed by atoms with Gasteiger partial charge in [-0.1, -0.05) is 43.3 Å². The van der Waals surface area contributed by atoms with Gasteiger partial charge in [-0.15, -0.1) is 0 Å². The molecule has 0 heterocycles. The average molecular weight is 445 g/mol. The third kappa shape index (κ3) is 6.38. The standard InChI is InChI=1S/C23H28N2O5S/c1-17(23(27)30-2)15-25(16-19-7-4-3-5-8-19)22(26)20-9-6-10-21(13-20)31(28,29)24-14-18-11-12-18/h3-10,13,17-18,24H,11-12,14-16H2,1-2H3. The minimum absolute atomic E-state index is 0.0553. The van der Waals surface area contributed by atoms with E-state index in [2.05, 4.69) is 4.72 Å². The fraction of sp³-hybridized carbons (Fsp3) is 0.391. The summed E-state index contributed by atoms with van der Waals surface area (Å²) in [7, 11) is -2.38. The van der Waals surface area contributed by atoms with E-state index < -0.39 is 21.9 Å². The first kappa shape index (κ1) is 23.0. The van der Waals surface area contributed by atoms with Crippen molar-refractivity contribution in [3.05, 3.63) is 65.7 Å². The molecule has 8 heteroatoms. The monoisotopic (exact) mass is 444 g/mol. The number of benzene rings is 2. The number of esters is 1. The molecule has 1 aliphatic carbocycles. The maximum absolute atomic E-state index is 13.3. The van der Waals surface area contributed by atoms with Crippen molar-refractivity contribution in [2.45, 2.75) is 31.2 Å². The zero-order chi connectivity index (χ0) is 22.4. The topological polar surface area (TPSA) is 92.8 Å². The highest BCUT2D eigenvalue weighted by Gasteiger charge is 2.26. The number of hydrogen-bond acceptors (Lipinski definition) is 5. The first-order valence-corrected chi connectivity index (χ1v) is 11.8. The number of rotatable bonds is 10. The Morgan fingerprint density at radius 3 is 2.48 bits per heavy atom. The Bertz CT molecular complexity index is 1020. The zero-order valence-corrected chi connectivity index (χ0v) is 18.6. The van der Waals surface area contributed by atoms with Crippen molar-refractivity contribution in [1.29, 1.82) is 0 Å². The molecule has 0 aliphatic heterocycles. The summed E-state index contributed by atoms with van der Waals surface area (Å²) in [5.74, 6) is -0.879. The second kappa shape index (κ2) is 10.1. The molecule has 1 unspecified atom stereocenters. The highest BCUT2D eigenvalue weighted by Crippen LogP contribution is 2.28. The Hall–Kier alpha value is -2.71. The summed E-state index contributed by atoms with van der Waals surface area (Å²) in [6.45, 7) is 2.55. The summed E-state index contributed by atoms with van der Waals surface area (Å²) >= 11 is 0. The summed E-state index contributed by atoms with van der Waals surface area (Å²) in [6.07, 6.45) is 2.07. The van der Waals surface area contributed by atoms with E-state index in [1.807, 2.05) is 30.3 Å². The van der Waals surface area contributed by atoms with Crippen LogP contribution in [0.1, 0.15) is 35.7 Å². The number of nitrogens with zero attached hydrogens (tertiary/aromatic N) is 1. The maximum Gasteiger partial charge on any atom is 0.310 e. The van der Waals surface area contributed by atoms with Crippen molar-refractivity contribution in [1.82, 2.24) is 9.62 Å². The summed E-state index contributed by atoms with van der Waals surface area (Å²) in [5.41, 5.74) is 1.16. The van der Waals surface area contributed by atoms with Crippen LogP contribution in [0.5, 0.6) is 0 Å². The lowest BCUT2D eigenvalue weighted by Crippen LogP contribution is -2.37. The van der Waals surface area contributed by atoms with Crippen LogP contribution >= 0.6 is 0 Å². The van der Waals surface area contributed by atoms with E-state index in [4.69, 9.17) is 4.74 Å². The molecule has 1 fully saturated rings. The fourth-order valence-corrected chi connectivity index (χ4v) is 4.40.